The molecule has 0 aliphatic carbocycles. The standard InChI is InChI=1S/C16H19NO/c1-12(17-2)13-8-10-15(11-9-13)16(18)14-6-4-3-5-7-14/h3-12,16-18H,1-2H3. The molecule has 2 rings (SSSR count). The van der Waals surface area contributed by atoms with E-state index in [9.17, 15) is 5.11 Å². The van der Waals surface area contributed by atoms with Gasteiger partial charge in [-0.3, -0.25) is 0 Å². The van der Waals surface area contributed by atoms with Crippen LogP contribution in [0.1, 0.15) is 35.8 Å². The fourth-order valence-electron chi connectivity index (χ4n) is 1.96. The highest BCUT2D eigenvalue weighted by atomic mass is 16.3. The summed E-state index contributed by atoms with van der Waals surface area (Å²) in [5.74, 6) is 0. The molecular weight excluding hydrogens is 222 g/mol. The van der Waals surface area contributed by atoms with E-state index in [1.54, 1.807) is 0 Å². The van der Waals surface area contributed by atoms with Gasteiger partial charge in [0, 0.05) is 6.04 Å². The van der Waals surface area contributed by atoms with Gasteiger partial charge in [0.05, 0.1) is 0 Å². The zero-order valence-corrected chi connectivity index (χ0v) is 10.8. The molecule has 0 bridgehead atoms. The predicted octanol–water partition coefficient (Wildman–Crippen LogP) is 3.05. The van der Waals surface area contributed by atoms with Gasteiger partial charge in [-0.05, 0) is 30.7 Å². The predicted molar refractivity (Wildman–Crippen MR) is 74.4 cm³/mol. The summed E-state index contributed by atoms with van der Waals surface area (Å²) in [6.07, 6.45) is -0.551. The molecule has 94 valence electrons. The maximum Gasteiger partial charge on any atom is 0.104 e. The third-order valence-electron chi connectivity index (χ3n) is 3.30. The number of benzene rings is 2. The second-order valence-corrected chi connectivity index (χ2v) is 4.49. The van der Waals surface area contributed by atoms with Crippen molar-refractivity contribution < 1.29 is 5.11 Å². The van der Waals surface area contributed by atoms with Crippen molar-refractivity contribution in [1.29, 1.82) is 0 Å². The van der Waals surface area contributed by atoms with Gasteiger partial charge in [-0.25, -0.2) is 0 Å². The van der Waals surface area contributed by atoms with Crippen molar-refractivity contribution in [1.82, 2.24) is 5.32 Å². The molecule has 0 saturated heterocycles. The van der Waals surface area contributed by atoms with Crippen LogP contribution in [-0.4, -0.2) is 12.2 Å². The Morgan fingerprint density at radius 3 is 1.89 bits per heavy atom. The summed E-state index contributed by atoms with van der Waals surface area (Å²) in [4.78, 5) is 0. The quantitative estimate of drug-likeness (QED) is 0.862. The summed E-state index contributed by atoms with van der Waals surface area (Å²) in [7, 11) is 1.94. The molecule has 2 aromatic rings. The summed E-state index contributed by atoms with van der Waals surface area (Å²) >= 11 is 0. The highest BCUT2D eigenvalue weighted by molar-refractivity contribution is 5.32. The lowest BCUT2D eigenvalue weighted by atomic mass is 9.99. The average Bonchev–Trinajstić information content (AvgIpc) is 2.47. The molecule has 2 nitrogen and oxygen atoms in total. The molecule has 0 amide bonds. The van der Waals surface area contributed by atoms with Crippen LogP contribution in [-0.2, 0) is 0 Å². The van der Waals surface area contributed by atoms with Crippen molar-refractivity contribution in [2.24, 2.45) is 0 Å². The van der Waals surface area contributed by atoms with E-state index in [2.05, 4.69) is 24.4 Å². The summed E-state index contributed by atoms with van der Waals surface area (Å²) in [6.45, 7) is 2.11. The van der Waals surface area contributed by atoms with Crippen molar-refractivity contribution in [3.8, 4) is 0 Å². The first kappa shape index (κ1) is 12.8. The third kappa shape index (κ3) is 2.78. The van der Waals surface area contributed by atoms with Crippen LogP contribution in [0.3, 0.4) is 0 Å². The molecule has 0 heterocycles. The summed E-state index contributed by atoms with van der Waals surface area (Å²) < 4.78 is 0. The molecule has 18 heavy (non-hydrogen) atoms. The Kier molecular flexibility index (Phi) is 4.13. The molecule has 0 spiro atoms. The fraction of sp³-hybridized carbons (Fsp3) is 0.250. The lowest BCUT2D eigenvalue weighted by Gasteiger charge is -2.14. The minimum atomic E-state index is -0.551. The van der Waals surface area contributed by atoms with Gasteiger partial charge in [0.1, 0.15) is 6.10 Å². The molecule has 0 radical (unpaired) electrons. The van der Waals surface area contributed by atoms with Crippen LogP contribution in [0.15, 0.2) is 54.6 Å². The summed E-state index contributed by atoms with van der Waals surface area (Å²) in [5.41, 5.74) is 3.07. The van der Waals surface area contributed by atoms with Crippen molar-refractivity contribution >= 4 is 0 Å². The number of aliphatic hydroxyl groups is 1. The second kappa shape index (κ2) is 5.80. The van der Waals surface area contributed by atoms with Crippen LogP contribution < -0.4 is 5.32 Å². The largest absolute Gasteiger partial charge is 0.384 e. The fourth-order valence-corrected chi connectivity index (χ4v) is 1.96. The van der Waals surface area contributed by atoms with Crippen LogP contribution in [0.25, 0.3) is 0 Å². The van der Waals surface area contributed by atoms with Gasteiger partial charge in [0.25, 0.3) is 0 Å². The highest BCUT2D eigenvalue weighted by Crippen LogP contribution is 2.23. The first-order valence-electron chi connectivity index (χ1n) is 6.22. The number of hydrogen-bond donors (Lipinski definition) is 2. The van der Waals surface area contributed by atoms with E-state index < -0.39 is 6.10 Å². The van der Waals surface area contributed by atoms with Crippen LogP contribution in [0, 0.1) is 0 Å². The van der Waals surface area contributed by atoms with Gasteiger partial charge >= 0.3 is 0 Å². The molecule has 0 aliphatic rings. The molecular formula is C16H19NO. The Morgan fingerprint density at radius 2 is 1.33 bits per heavy atom. The molecule has 0 saturated carbocycles. The van der Waals surface area contributed by atoms with E-state index in [4.69, 9.17) is 0 Å². The number of hydrogen-bond acceptors (Lipinski definition) is 2. The molecule has 2 atom stereocenters. The number of nitrogens with one attached hydrogen (secondary N) is 1. The van der Waals surface area contributed by atoms with E-state index >= 15 is 0 Å². The lowest BCUT2D eigenvalue weighted by Crippen LogP contribution is -2.12. The third-order valence-corrected chi connectivity index (χ3v) is 3.30. The van der Waals surface area contributed by atoms with Gasteiger partial charge in [-0.1, -0.05) is 54.6 Å². The minimum absolute atomic E-state index is 0.327. The molecule has 0 fully saturated rings. The van der Waals surface area contributed by atoms with Crippen molar-refractivity contribution in [2.45, 2.75) is 19.1 Å². The van der Waals surface area contributed by atoms with E-state index in [0.717, 1.165) is 11.1 Å². The molecule has 0 aromatic heterocycles. The van der Waals surface area contributed by atoms with E-state index in [1.165, 1.54) is 5.56 Å². The monoisotopic (exact) mass is 241 g/mol. The smallest absolute Gasteiger partial charge is 0.104 e. The van der Waals surface area contributed by atoms with Crippen molar-refractivity contribution in [2.75, 3.05) is 7.05 Å². The normalized spacial score (nSPS) is 14.2. The molecule has 2 N–H and O–H groups in total. The Hall–Kier alpha value is -1.64. The Balaban J connectivity index is 2.19. The molecule has 2 unspecified atom stereocenters. The Bertz CT molecular complexity index is 478. The van der Waals surface area contributed by atoms with Gasteiger partial charge in [0.2, 0.25) is 0 Å². The Morgan fingerprint density at radius 1 is 0.833 bits per heavy atom. The maximum atomic E-state index is 10.3. The number of aliphatic hydroxyl groups excluding tert-OH is 1. The maximum absolute atomic E-state index is 10.3. The minimum Gasteiger partial charge on any atom is -0.384 e. The first-order chi connectivity index (χ1) is 8.72. The van der Waals surface area contributed by atoms with E-state index in [1.807, 2.05) is 49.5 Å². The van der Waals surface area contributed by atoms with Crippen LogP contribution in [0.4, 0.5) is 0 Å². The van der Waals surface area contributed by atoms with Crippen molar-refractivity contribution in [3.63, 3.8) is 0 Å². The van der Waals surface area contributed by atoms with E-state index in [0.29, 0.717) is 6.04 Å². The van der Waals surface area contributed by atoms with Crippen LogP contribution in [0.5, 0.6) is 0 Å². The zero-order chi connectivity index (χ0) is 13.0. The summed E-state index contributed by atoms with van der Waals surface area (Å²) in [6, 6.07) is 18.1. The van der Waals surface area contributed by atoms with Crippen LogP contribution >= 0.6 is 0 Å². The SMILES string of the molecule is CNC(C)c1ccc(C(O)c2ccccc2)cc1. The van der Waals surface area contributed by atoms with Gasteiger partial charge in [0.15, 0.2) is 0 Å². The number of rotatable bonds is 4. The molecule has 2 aromatic carbocycles. The first-order valence-corrected chi connectivity index (χ1v) is 6.22. The van der Waals surface area contributed by atoms with Crippen LogP contribution in [0.2, 0.25) is 0 Å². The van der Waals surface area contributed by atoms with Crippen molar-refractivity contribution in [3.05, 3.63) is 71.3 Å². The zero-order valence-electron chi connectivity index (χ0n) is 10.8. The lowest BCUT2D eigenvalue weighted by molar-refractivity contribution is 0.220. The van der Waals surface area contributed by atoms with Gasteiger partial charge in [-0.2, -0.15) is 0 Å². The topological polar surface area (TPSA) is 32.3 Å². The van der Waals surface area contributed by atoms with Gasteiger partial charge < -0.3 is 10.4 Å². The Labute approximate surface area is 108 Å². The average molecular weight is 241 g/mol. The molecule has 2 heteroatoms. The van der Waals surface area contributed by atoms with Gasteiger partial charge in [-0.15, -0.1) is 0 Å². The molecule has 0 aliphatic heterocycles. The second-order valence-electron chi connectivity index (χ2n) is 4.49. The van der Waals surface area contributed by atoms with E-state index in [-0.39, 0.29) is 0 Å². The highest BCUT2D eigenvalue weighted by Gasteiger charge is 2.10. The summed E-state index contributed by atoms with van der Waals surface area (Å²) in [5, 5.41) is 13.5.